The molecule has 0 amide bonds. The summed E-state index contributed by atoms with van der Waals surface area (Å²) >= 11 is 0. The van der Waals surface area contributed by atoms with E-state index in [-0.39, 0.29) is 5.43 Å². The third kappa shape index (κ3) is 2.62. The fourth-order valence-electron chi connectivity index (χ4n) is 2.39. The molecular formula is C17H16N2O. The first kappa shape index (κ1) is 12.6. The minimum absolute atomic E-state index is 0.0485. The van der Waals surface area contributed by atoms with E-state index in [2.05, 4.69) is 22.3 Å². The van der Waals surface area contributed by atoms with E-state index in [4.69, 9.17) is 0 Å². The summed E-state index contributed by atoms with van der Waals surface area (Å²) in [5.41, 5.74) is 2.76. The molecule has 1 heterocycles. The van der Waals surface area contributed by atoms with E-state index in [1.54, 1.807) is 0 Å². The molecule has 0 aliphatic carbocycles. The Hall–Kier alpha value is -2.42. The number of benzene rings is 2. The van der Waals surface area contributed by atoms with E-state index >= 15 is 0 Å². The molecule has 0 spiro atoms. The number of H-pyrrole nitrogens is 1. The van der Waals surface area contributed by atoms with Crippen LogP contribution >= 0.6 is 0 Å². The number of para-hydroxylation sites is 1. The number of rotatable bonds is 4. The van der Waals surface area contributed by atoms with Crippen LogP contribution in [0.3, 0.4) is 0 Å². The molecule has 0 bridgehead atoms. The number of nitrogens with zero attached hydrogens (tertiary/aromatic N) is 1. The van der Waals surface area contributed by atoms with Crippen LogP contribution in [0.2, 0.25) is 0 Å². The Bertz CT molecular complexity index is 763. The lowest BCUT2D eigenvalue weighted by Gasteiger charge is -2.03. The minimum atomic E-state index is 0.0485. The maximum Gasteiger partial charge on any atom is 0.211 e. The molecule has 2 aromatic carbocycles. The van der Waals surface area contributed by atoms with Crippen LogP contribution in [0.15, 0.2) is 59.4 Å². The van der Waals surface area contributed by atoms with Gasteiger partial charge in [-0.2, -0.15) is 5.10 Å². The second-order valence-corrected chi connectivity index (χ2v) is 4.88. The second kappa shape index (κ2) is 5.70. The van der Waals surface area contributed by atoms with Crippen LogP contribution in [0.4, 0.5) is 0 Å². The van der Waals surface area contributed by atoms with Gasteiger partial charge in [0, 0.05) is 5.39 Å². The molecule has 0 fully saturated rings. The van der Waals surface area contributed by atoms with Gasteiger partial charge in [-0.3, -0.25) is 9.89 Å². The lowest BCUT2D eigenvalue weighted by Crippen LogP contribution is -2.13. The summed E-state index contributed by atoms with van der Waals surface area (Å²) in [6, 6.07) is 17.8. The third-order valence-corrected chi connectivity index (χ3v) is 3.47. The van der Waals surface area contributed by atoms with Crippen molar-refractivity contribution in [3.05, 3.63) is 76.1 Å². The highest BCUT2D eigenvalue weighted by atomic mass is 16.1. The van der Waals surface area contributed by atoms with Crippen molar-refractivity contribution in [2.75, 3.05) is 0 Å². The van der Waals surface area contributed by atoms with Crippen molar-refractivity contribution in [3.8, 4) is 0 Å². The van der Waals surface area contributed by atoms with Gasteiger partial charge in [-0.1, -0.05) is 42.5 Å². The first-order chi connectivity index (χ1) is 9.84. The molecule has 1 N–H and O–H groups in total. The normalized spacial score (nSPS) is 10.8. The lowest BCUT2D eigenvalue weighted by molar-refractivity contribution is 0.777. The van der Waals surface area contributed by atoms with E-state index in [0.717, 1.165) is 23.7 Å². The fourth-order valence-corrected chi connectivity index (χ4v) is 2.39. The molecule has 20 heavy (non-hydrogen) atoms. The average molecular weight is 264 g/mol. The first-order valence-corrected chi connectivity index (χ1v) is 6.85. The zero-order valence-corrected chi connectivity index (χ0v) is 11.2. The van der Waals surface area contributed by atoms with E-state index in [0.29, 0.717) is 12.1 Å². The van der Waals surface area contributed by atoms with Crippen molar-refractivity contribution in [2.45, 2.75) is 19.3 Å². The number of hydrogen-bond donors (Lipinski definition) is 1. The Morgan fingerprint density at radius 2 is 1.65 bits per heavy atom. The SMILES string of the molecule is O=c1c(CCCc2ccccc2)n[nH]c2ccccc12. The predicted molar refractivity (Wildman–Crippen MR) is 80.8 cm³/mol. The molecule has 0 aliphatic rings. The van der Waals surface area contributed by atoms with Gasteiger partial charge in [0.25, 0.3) is 0 Å². The summed E-state index contributed by atoms with van der Waals surface area (Å²) < 4.78 is 0. The molecule has 0 atom stereocenters. The van der Waals surface area contributed by atoms with Crippen molar-refractivity contribution in [2.24, 2.45) is 0 Å². The van der Waals surface area contributed by atoms with Crippen LogP contribution in [-0.2, 0) is 12.8 Å². The number of fused-ring (bicyclic) bond motifs is 1. The molecule has 3 heteroatoms. The number of aromatic nitrogens is 2. The molecular weight excluding hydrogens is 248 g/mol. The highest BCUT2D eigenvalue weighted by Crippen LogP contribution is 2.08. The number of aryl methyl sites for hydroxylation is 2. The first-order valence-electron chi connectivity index (χ1n) is 6.85. The summed E-state index contributed by atoms with van der Waals surface area (Å²) in [6.45, 7) is 0. The van der Waals surface area contributed by atoms with E-state index in [1.165, 1.54) is 5.56 Å². The van der Waals surface area contributed by atoms with E-state index in [1.807, 2.05) is 42.5 Å². The highest BCUT2D eigenvalue weighted by Gasteiger charge is 2.06. The molecule has 0 unspecified atom stereocenters. The van der Waals surface area contributed by atoms with Crippen LogP contribution in [0.25, 0.3) is 10.9 Å². The smallest absolute Gasteiger partial charge is 0.211 e. The van der Waals surface area contributed by atoms with E-state index in [9.17, 15) is 4.79 Å². The second-order valence-electron chi connectivity index (χ2n) is 4.88. The molecule has 0 aliphatic heterocycles. The van der Waals surface area contributed by atoms with Gasteiger partial charge in [-0.25, -0.2) is 0 Å². The Labute approximate surface area is 117 Å². The summed E-state index contributed by atoms with van der Waals surface area (Å²) in [5.74, 6) is 0. The maximum absolute atomic E-state index is 12.3. The monoisotopic (exact) mass is 264 g/mol. The van der Waals surface area contributed by atoms with Gasteiger partial charge in [0.2, 0.25) is 5.43 Å². The van der Waals surface area contributed by atoms with Crippen LogP contribution in [0, 0.1) is 0 Å². The Balaban J connectivity index is 1.75. The molecule has 0 saturated carbocycles. The fraction of sp³-hybridized carbons (Fsp3) is 0.176. The molecule has 3 rings (SSSR count). The summed E-state index contributed by atoms with van der Waals surface area (Å²) in [6.07, 6.45) is 2.60. The molecule has 3 aromatic rings. The quantitative estimate of drug-likeness (QED) is 0.787. The van der Waals surface area contributed by atoms with Gasteiger partial charge in [-0.05, 0) is 37.0 Å². The van der Waals surface area contributed by atoms with E-state index < -0.39 is 0 Å². The van der Waals surface area contributed by atoms with Crippen molar-refractivity contribution in [1.82, 2.24) is 10.2 Å². The number of hydrogen-bond acceptors (Lipinski definition) is 2. The lowest BCUT2D eigenvalue weighted by atomic mass is 10.1. The summed E-state index contributed by atoms with van der Waals surface area (Å²) in [4.78, 5) is 12.3. The van der Waals surface area contributed by atoms with Gasteiger partial charge in [-0.15, -0.1) is 0 Å². The summed E-state index contributed by atoms with van der Waals surface area (Å²) in [5, 5.41) is 7.88. The van der Waals surface area contributed by atoms with Gasteiger partial charge in [0.1, 0.15) is 5.69 Å². The van der Waals surface area contributed by atoms with Gasteiger partial charge < -0.3 is 0 Å². The number of nitrogens with one attached hydrogen (secondary N) is 1. The van der Waals surface area contributed by atoms with Crippen LogP contribution in [0.5, 0.6) is 0 Å². The highest BCUT2D eigenvalue weighted by molar-refractivity contribution is 5.77. The van der Waals surface area contributed by atoms with Crippen LogP contribution in [0.1, 0.15) is 17.7 Å². The van der Waals surface area contributed by atoms with Crippen LogP contribution in [-0.4, -0.2) is 10.2 Å². The summed E-state index contributed by atoms with van der Waals surface area (Å²) in [7, 11) is 0. The minimum Gasteiger partial charge on any atom is -0.287 e. The topological polar surface area (TPSA) is 45.8 Å². The molecule has 100 valence electrons. The van der Waals surface area contributed by atoms with Crippen molar-refractivity contribution in [1.29, 1.82) is 0 Å². The Morgan fingerprint density at radius 1 is 0.900 bits per heavy atom. The number of aromatic amines is 1. The molecule has 0 radical (unpaired) electrons. The van der Waals surface area contributed by atoms with Crippen molar-refractivity contribution < 1.29 is 0 Å². The Kier molecular flexibility index (Phi) is 3.59. The van der Waals surface area contributed by atoms with Gasteiger partial charge in [0.05, 0.1) is 5.52 Å². The Morgan fingerprint density at radius 3 is 2.50 bits per heavy atom. The zero-order valence-electron chi connectivity index (χ0n) is 11.2. The average Bonchev–Trinajstić information content (AvgIpc) is 2.51. The van der Waals surface area contributed by atoms with Gasteiger partial charge in [0.15, 0.2) is 0 Å². The van der Waals surface area contributed by atoms with Crippen molar-refractivity contribution >= 4 is 10.9 Å². The molecule has 1 aromatic heterocycles. The van der Waals surface area contributed by atoms with Crippen molar-refractivity contribution in [3.63, 3.8) is 0 Å². The molecule has 3 nitrogen and oxygen atoms in total. The maximum atomic E-state index is 12.3. The van der Waals surface area contributed by atoms with Gasteiger partial charge >= 0.3 is 0 Å². The predicted octanol–water partition coefficient (Wildman–Crippen LogP) is 3.10. The molecule has 0 saturated heterocycles. The zero-order chi connectivity index (χ0) is 13.8. The largest absolute Gasteiger partial charge is 0.287 e. The standard InChI is InChI=1S/C17H16N2O/c20-17-14-10-4-5-11-15(14)18-19-16(17)12-6-9-13-7-2-1-3-8-13/h1-5,7-8,10-11H,6,9,12H2,(H,18,20). The third-order valence-electron chi connectivity index (χ3n) is 3.47. The van der Waals surface area contributed by atoms with Crippen LogP contribution < -0.4 is 5.43 Å².